The number of hydrogen-bond acceptors (Lipinski definition) is 8. The van der Waals surface area contributed by atoms with Gasteiger partial charge in [0.15, 0.2) is 5.65 Å². The Labute approximate surface area is 252 Å². The number of fused-ring (bicyclic) bond motifs is 1. The van der Waals surface area contributed by atoms with Crippen LogP contribution in [0.15, 0.2) is 12.3 Å². The molecule has 0 radical (unpaired) electrons. The summed E-state index contributed by atoms with van der Waals surface area (Å²) < 4.78 is 12.4. The Kier molecular flexibility index (Phi) is 13.4. The van der Waals surface area contributed by atoms with E-state index in [0.717, 1.165) is 5.69 Å². The van der Waals surface area contributed by atoms with Gasteiger partial charge in [0.1, 0.15) is 29.0 Å². The predicted octanol–water partition coefficient (Wildman–Crippen LogP) is 4.17. The smallest absolute Gasteiger partial charge is 0.408 e. The Balaban J connectivity index is 2.29. The lowest BCUT2D eigenvalue weighted by Crippen LogP contribution is -2.53. The van der Waals surface area contributed by atoms with Crippen LogP contribution in [0.25, 0.3) is 11.2 Å². The quantitative estimate of drug-likeness (QED) is 0.226. The Morgan fingerprint density at radius 1 is 1.10 bits per heavy atom. The number of nitrogens with one attached hydrogen (secondary N) is 2. The summed E-state index contributed by atoms with van der Waals surface area (Å²) in [4.78, 5) is 50.0. The molecule has 41 heavy (non-hydrogen) atoms. The number of ether oxygens (including phenoxy) is 2. The lowest BCUT2D eigenvalue weighted by atomic mass is 10.0. The number of aromatic nitrogens is 3. The first-order valence-corrected chi connectivity index (χ1v) is 15.0. The van der Waals surface area contributed by atoms with E-state index in [1.807, 2.05) is 36.4 Å². The molecule has 2 rings (SSSR count). The maximum Gasteiger partial charge on any atom is 0.408 e. The summed E-state index contributed by atoms with van der Waals surface area (Å²) in [6.07, 6.45) is 1.97. The number of imidazole rings is 1. The Morgan fingerprint density at radius 2 is 1.76 bits per heavy atom. The van der Waals surface area contributed by atoms with Crippen molar-refractivity contribution < 1.29 is 23.9 Å². The summed E-state index contributed by atoms with van der Waals surface area (Å²) in [5.41, 5.74) is 1.48. The number of aryl methyl sites for hydroxylation is 2. The number of alkyl halides is 2. The minimum atomic E-state index is -0.986. The summed E-state index contributed by atoms with van der Waals surface area (Å²) in [6, 6.07) is 0.108. The average molecular weight is 616 g/mol. The van der Waals surface area contributed by atoms with E-state index in [4.69, 9.17) is 37.7 Å². The maximum absolute atomic E-state index is 13.4. The fraction of sp³-hybridized carbons (Fsp3) is 0.679. The van der Waals surface area contributed by atoms with Crippen LogP contribution in [0.2, 0.25) is 0 Å². The molecule has 0 spiro atoms. The molecule has 2 amide bonds. The number of alkyl carbamates (subject to hydrolysis) is 1. The number of rotatable bonds is 15. The number of hydrogen-bond donors (Lipinski definition) is 2. The first kappa shape index (κ1) is 34.4. The summed E-state index contributed by atoms with van der Waals surface area (Å²) in [6.45, 7) is 12.3. The third-order valence-electron chi connectivity index (χ3n) is 6.12. The van der Waals surface area contributed by atoms with E-state index in [1.54, 1.807) is 33.9 Å². The number of anilines is 1. The fourth-order valence-electron chi connectivity index (χ4n) is 4.28. The van der Waals surface area contributed by atoms with Gasteiger partial charge in [0.2, 0.25) is 5.91 Å². The molecular formula is C28H44Cl2N6O5. The van der Waals surface area contributed by atoms with E-state index in [-0.39, 0.29) is 18.9 Å². The number of carbonyl (C=O) groups is 3. The van der Waals surface area contributed by atoms with Gasteiger partial charge in [-0.3, -0.25) is 4.79 Å². The minimum Gasteiger partial charge on any atom is -0.464 e. The van der Waals surface area contributed by atoms with Crippen LogP contribution in [-0.4, -0.2) is 81.6 Å². The predicted molar refractivity (Wildman–Crippen MR) is 162 cm³/mol. The van der Waals surface area contributed by atoms with Crippen molar-refractivity contribution >= 4 is 58.0 Å². The van der Waals surface area contributed by atoms with Gasteiger partial charge in [-0.25, -0.2) is 19.6 Å². The van der Waals surface area contributed by atoms with Crippen molar-refractivity contribution in [1.29, 1.82) is 0 Å². The fourth-order valence-corrected chi connectivity index (χ4v) is 4.68. The second kappa shape index (κ2) is 16.0. The number of esters is 1. The van der Waals surface area contributed by atoms with Crippen molar-refractivity contribution in [3.8, 4) is 0 Å². The lowest BCUT2D eigenvalue weighted by Gasteiger charge is -2.25. The molecule has 230 valence electrons. The molecule has 0 saturated heterocycles. The van der Waals surface area contributed by atoms with Crippen molar-refractivity contribution in [1.82, 2.24) is 25.2 Å². The highest BCUT2D eigenvalue weighted by Gasteiger charge is 2.30. The Bertz CT molecular complexity index is 1160. The van der Waals surface area contributed by atoms with Gasteiger partial charge in [-0.1, -0.05) is 13.8 Å². The normalized spacial score (nSPS) is 13.1. The second-order valence-electron chi connectivity index (χ2n) is 11.2. The molecule has 0 bridgehead atoms. The van der Waals surface area contributed by atoms with Gasteiger partial charge in [0.25, 0.3) is 0 Å². The third-order valence-corrected chi connectivity index (χ3v) is 6.46. The van der Waals surface area contributed by atoms with E-state index in [9.17, 15) is 14.4 Å². The van der Waals surface area contributed by atoms with E-state index < -0.39 is 35.7 Å². The number of halogens is 2. The molecule has 0 aromatic carbocycles. The average Bonchev–Trinajstić information content (AvgIpc) is 3.19. The van der Waals surface area contributed by atoms with Crippen molar-refractivity contribution in [3.63, 3.8) is 0 Å². The van der Waals surface area contributed by atoms with Gasteiger partial charge < -0.3 is 29.6 Å². The van der Waals surface area contributed by atoms with E-state index in [2.05, 4.69) is 15.6 Å². The highest BCUT2D eigenvalue weighted by molar-refractivity contribution is 6.18. The molecule has 2 aromatic heterocycles. The molecule has 2 aromatic rings. The highest BCUT2D eigenvalue weighted by atomic mass is 35.5. The molecule has 0 saturated carbocycles. The van der Waals surface area contributed by atoms with Crippen LogP contribution < -0.4 is 15.5 Å². The molecule has 2 atom stereocenters. The maximum atomic E-state index is 13.4. The van der Waals surface area contributed by atoms with Crippen molar-refractivity contribution in [3.05, 3.63) is 18.1 Å². The standard InChI is InChI=1S/C28H44Cl2N6O5/c1-8-40-26(38)22(15-18(2)3)33-25(37)20(34-27(39)41-28(4,5)6)9-10-23-32-21-16-19(17-31-24(21)35(23)7)36(13-11-29)14-12-30/h16-18,20,22H,8-15H2,1-7H3,(H,33,37)(H,34,39)/t20-,22-/m0/s1. The van der Waals surface area contributed by atoms with Gasteiger partial charge in [0.05, 0.1) is 18.5 Å². The van der Waals surface area contributed by atoms with Crippen LogP contribution in [0.4, 0.5) is 10.5 Å². The summed E-state index contributed by atoms with van der Waals surface area (Å²) in [5.74, 6) is 0.685. The number of amides is 2. The number of carbonyl (C=O) groups excluding carboxylic acids is 3. The van der Waals surface area contributed by atoms with E-state index >= 15 is 0 Å². The van der Waals surface area contributed by atoms with Gasteiger partial charge in [0, 0.05) is 38.3 Å². The van der Waals surface area contributed by atoms with E-state index in [1.165, 1.54) is 0 Å². The van der Waals surface area contributed by atoms with Crippen LogP contribution in [0.1, 0.15) is 60.2 Å². The largest absolute Gasteiger partial charge is 0.464 e. The Hall–Kier alpha value is -2.79. The van der Waals surface area contributed by atoms with Crippen LogP contribution in [0.5, 0.6) is 0 Å². The molecule has 0 fully saturated rings. The summed E-state index contributed by atoms with van der Waals surface area (Å²) in [5, 5.41) is 5.44. The topological polar surface area (TPSA) is 128 Å². The molecule has 0 aliphatic rings. The zero-order chi connectivity index (χ0) is 30.7. The molecule has 13 heteroatoms. The van der Waals surface area contributed by atoms with Crippen LogP contribution in [-0.2, 0) is 32.5 Å². The van der Waals surface area contributed by atoms with Gasteiger partial charge in [-0.2, -0.15) is 0 Å². The van der Waals surface area contributed by atoms with Crippen molar-refractivity contribution in [2.45, 2.75) is 78.5 Å². The summed E-state index contributed by atoms with van der Waals surface area (Å²) in [7, 11) is 1.85. The third kappa shape index (κ3) is 10.8. The Morgan fingerprint density at radius 3 is 2.32 bits per heavy atom. The SMILES string of the molecule is CCOC(=O)[C@H](CC(C)C)NC(=O)[C@H](CCc1nc2cc(N(CCCl)CCCl)cnc2n1C)NC(=O)OC(C)(C)C. The molecule has 2 heterocycles. The van der Waals surface area contributed by atoms with Gasteiger partial charge in [-0.05, 0) is 52.5 Å². The van der Waals surface area contributed by atoms with Crippen LogP contribution >= 0.6 is 23.2 Å². The second-order valence-corrected chi connectivity index (χ2v) is 11.9. The molecule has 2 N–H and O–H groups in total. The number of pyridine rings is 1. The first-order chi connectivity index (χ1) is 19.3. The molecule has 0 aliphatic heterocycles. The zero-order valence-electron chi connectivity index (χ0n) is 25.1. The number of nitrogens with zero attached hydrogens (tertiary/aromatic N) is 4. The van der Waals surface area contributed by atoms with Crippen LogP contribution in [0, 0.1) is 5.92 Å². The lowest BCUT2D eigenvalue weighted by molar-refractivity contribution is -0.148. The van der Waals surface area contributed by atoms with Crippen molar-refractivity contribution in [2.24, 2.45) is 13.0 Å². The molecule has 11 nitrogen and oxygen atoms in total. The summed E-state index contributed by atoms with van der Waals surface area (Å²) >= 11 is 11.9. The van der Waals surface area contributed by atoms with Gasteiger partial charge >= 0.3 is 12.1 Å². The molecule has 0 unspecified atom stereocenters. The van der Waals surface area contributed by atoms with E-state index in [0.29, 0.717) is 54.7 Å². The zero-order valence-corrected chi connectivity index (χ0v) is 26.6. The minimum absolute atomic E-state index is 0.129. The molecule has 0 aliphatic carbocycles. The van der Waals surface area contributed by atoms with Gasteiger partial charge in [-0.15, -0.1) is 23.2 Å². The molecular weight excluding hydrogens is 571 g/mol. The van der Waals surface area contributed by atoms with Crippen molar-refractivity contribution in [2.75, 3.05) is 36.4 Å². The monoisotopic (exact) mass is 614 g/mol. The van der Waals surface area contributed by atoms with Crippen LogP contribution in [0.3, 0.4) is 0 Å². The first-order valence-electron chi connectivity index (χ1n) is 13.9. The highest BCUT2D eigenvalue weighted by Crippen LogP contribution is 2.21.